The predicted octanol–water partition coefficient (Wildman–Crippen LogP) is 2.17. The van der Waals surface area contributed by atoms with Crippen LogP contribution in [0.2, 0.25) is 0 Å². The van der Waals surface area contributed by atoms with Crippen molar-refractivity contribution in [2.45, 2.75) is 19.4 Å². The highest BCUT2D eigenvalue weighted by Crippen LogP contribution is 2.28. The Labute approximate surface area is 179 Å². The van der Waals surface area contributed by atoms with Crippen molar-refractivity contribution in [3.05, 3.63) is 77.4 Å². The number of imide groups is 1. The Bertz CT molecular complexity index is 1180. The maximum atomic E-state index is 13.2. The summed E-state index contributed by atoms with van der Waals surface area (Å²) in [6.07, 6.45) is 3.21. The van der Waals surface area contributed by atoms with E-state index in [-0.39, 0.29) is 12.5 Å². The molecular weight excluding hydrogens is 394 g/mol. The van der Waals surface area contributed by atoms with Crippen molar-refractivity contribution in [1.29, 1.82) is 0 Å². The van der Waals surface area contributed by atoms with Gasteiger partial charge in [0.25, 0.3) is 11.8 Å². The second-order valence-electron chi connectivity index (χ2n) is 7.72. The number of imidazole rings is 1. The first-order chi connectivity index (χ1) is 14.8. The summed E-state index contributed by atoms with van der Waals surface area (Å²) in [5.41, 5.74) is 2.85. The number of amides is 4. The molecule has 8 heteroatoms. The number of nitrogens with one attached hydrogen (secondary N) is 3. The molecule has 0 radical (unpaired) electrons. The standard InChI is InChI=1S/C23H23N5O3/c1-14-7-9-16(10-8-14)18-15(2)5-4-6-17(18)19(29)25-13-23(20-24-11-12-28(20)3)21(30)26-22(31)27-23/h4-12H,13H2,1-3H3,(H,25,29)(H2,26,27,30,31). The summed E-state index contributed by atoms with van der Waals surface area (Å²) in [7, 11) is 1.72. The van der Waals surface area contributed by atoms with Crippen molar-refractivity contribution in [2.24, 2.45) is 7.05 Å². The first-order valence-electron chi connectivity index (χ1n) is 9.88. The number of nitrogens with zero attached hydrogens (tertiary/aromatic N) is 2. The lowest BCUT2D eigenvalue weighted by atomic mass is 9.93. The fraction of sp³-hybridized carbons (Fsp3) is 0.217. The zero-order chi connectivity index (χ0) is 22.2. The van der Waals surface area contributed by atoms with Gasteiger partial charge in [0.05, 0.1) is 6.54 Å². The normalized spacial score (nSPS) is 17.9. The van der Waals surface area contributed by atoms with Gasteiger partial charge in [0.15, 0.2) is 5.54 Å². The first-order valence-corrected chi connectivity index (χ1v) is 9.88. The van der Waals surface area contributed by atoms with Gasteiger partial charge in [-0.05, 0) is 36.6 Å². The van der Waals surface area contributed by atoms with Crippen LogP contribution in [0, 0.1) is 13.8 Å². The molecule has 3 aromatic rings. The van der Waals surface area contributed by atoms with Crippen LogP contribution in [0.1, 0.15) is 27.3 Å². The molecule has 4 amide bonds. The molecule has 0 saturated carbocycles. The molecular formula is C23H23N5O3. The Balaban J connectivity index is 1.67. The van der Waals surface area contributed by atoms with Crippen molar-refractivity contribution in [3.8, 4) is 11.1 Å². The Hall–Kier alpha value is -3.94. The summed E-state index contributed by atoms with van der Waals surface area (Å²) in [5, 5.41) is 7.71. The third-order valence-electron chi connectivity index (χ3n) is 5.52. The van der Waals surface area contributed by atoms with Crippen LogP contribution in [0.3, 0.4) is 0 Å². The topological polar surface area (TPSA) is 105 Å². The SMILES string of the molecule is Cc1ccc(-c2c(C)cccc2C(=O)NCC2(c3nccn3C)NC(=O)NC2=O)cc1. The molecule has 1 aliphatic heterocycles. The third-order valence-corrected chi connectivity index (χ3v) is 5.52. The smallest absolute Gasteiger partial charge is 0.322 e. The predicted molar refractivity (Wildman–Crippen MR) is 115 cm³/mol. The minimum atomic E-state index is -1.49. The number of rotatable bonds is 5. The minimum absolute atomic E-state index is 0.143. The summed E-state index contributed by atoms with van der Waals surface area (Å²) < 4.78 is 1.64. The summed E-state index contributed by atoms with van der Waals surface area (Å²) >= 11 is 0. The molecule has 0 aliphatic carbocycles. The molecule has 1 atom stereocenters. The average Bonchev–Trinajstić information content (AvgIpc) is 3.29. The Morgan fingerprint density at radius 1 is 1.13 bits per heavy atom. The van der Waals surface area contributed by atoms with Gasteiger partial charge in [-0.15, -0.1) is 0 Å². The lowest BCUT2D eigenvalue weighted by molar-refractivity contribution is -0.124. The van der Waals surface area contributed by atoms with Crippen LogP contribution in [0.25, 0.3) is 11.1 Å². The molecule has 3 N–H and O–H groups in total. The van der Waals surface area contributed by atoms with E-state index < -0.39 is 17.5 Å². The van der Waals surface area contributed by atoms with E-state index in [1.807, 2.05) is 50.2 Å². The number of aromatic nitrogens is 2. The Kier molecular flexibility index (Phi) is 5.06. The van der Waals surface area contributed by atoms with Gasteiger partial charge in [-0.1, -0.05) is 42.0 Å². The maximum Gasteiger partial charge on any atom is 0.322 e. The number of urea groups is 1. The number of carbonyl (C=O) groups is 3. The monoisotopic (exact) mass is 417 g/mol. The third kappa shape index (κ3) is 3.56. The minimum Gasteiger partial charge on any atom is -0.349 e. The molecule has 4 rings (SSSR count). The van der Waals surface area contributed by atoms with E-state index in [9.17, 15) is 14.4 Å². The quantitative estimate of drug-likeness (QED) is 0.553. The summed E-state index contributed by atoms with van der Waals surface area (Å²) in [4.78, 5) is 42.0. The fourth-order valence-electron chi connectivity index (χ4n) is 3.90. The van der Waals surface area contributed by atoms with Gasteiger partial charge in [0.2, 0.25) is 0 Å². The van der Waals surface area contributed by atoms with Crippen LogP contribution in [-0.4, -0.2) is 33.9 Å². The van der Waals surface area contributed by atoms with Crippen LogP contribution < -0.4 is 16.0 Å². The van der Waals surface area contributed by atoms with Gasteiger partial charge in [0, 0.05) is 25.0 Å². The molecule has 1 unspecified atom stereocenters. The van der Waals surface area contributed by atoms with Crippen molar-refractivity contribution < 1.29 is 14.4 Å². The molecule has 31 heavy (non-hydrogen) atoms. The molecule has 0 bridgehead atoms. The number of hydrogen-bond donors (Lipinski definition) is 3. The second-order valence-corrected chi connectivity index (χ2v) is 7.72. The molecule has 1 fully saturated rings. The van der Waals surface area contributed by atoms with E-state index in [4.69, 9.17) is 0 Å². The lowest BCUT2D eigenvalue weighted by Gasteiger charge is -2.26. The number of carbonyl (C=O) groups excluding carboxylic acids is 3. The van der Waals surface area contributed by atoms with Gasteiger partial charge in [0.1, 0.15) is 5.82 Å². The Morgan fingerprint density at radius 2 is 1.87 bits per heavy atom. The van der Waals surface area contributed by atoms with E-state index in [0.717, 1.165) is 22.3 Å². The van der Waals surface area contributed by atoms with Gasteiger partial charge < -0.3 is 15.2 Å². The van der Waals surface area contributed by atoms with E-state index in [1.165, 1.54) is 6.20 Å². The second kappa shape index (κ2) is 7.71. The highest BCUT2D eigenvalue weighted by Gasteiger charge is 2.50. The highest BCUT2D eigenvalue weighted by atomic mass is 16.2. The maximum absolute atomic E-state index is 13.2. The molecule has 2 aromatic carbocycles. The van der Waals surface area contributed by atoms with E-state index in [2.05, 4.69) is 20.9 Å². The van der Waals surface area contributed by atoms with E-state index in [1.54, 1.807) is 23.9 Å². The van der Waals surface area contributed by atoms with E-state index >= 15 is 0 Å². The molecule has 1 aromatic heterocycles. The largest absolute Gasteiger partial charge is 0.349 e. The van der Waals surface area contributed by atoms with Crippen molar-refractivity contribution in [3.63, 3.8) is 0 Å². The van der Waals surface area contributed by atoms with Gasteiger partial charge >= 0.3 is 6.03 Å². The summed E-state index contributed by atoms with van der Waals surface area (Å²) in [6, 6.07) is 12.8. The molecule has 1 aliphatic rings. The molecule has 0 spiro atoms. The summed E-state index contributed by atoms with van der Waals surface area (Å²) in [6.45, 7) is 3.81. The van der Waals surface area contributed by atoms with Crippen molar-refractivity contribution >= 4 is 17.8 Å². The Morgan fingerprint density at radius 3 is 2.48 bits per heavy atom. The fourth-order valence-corrected chi connectivity index (χ4v) is 3.90. The number of aryl methyl sites for hydroxylation is 3. The van der Waals surface area contributed by atoms with Gasteiger partial charge in [-0.25, -0.2) is 9.78 Å². The van der Waals surface area contributed by atoms with Crippen molar-refractivity contribution in [2.75, 3.05) is 6.54 Å². The van der Waals surface area contributed by atoms with Gasteiger partial charge in [-0.2, -0.15) is 0 Å². The van der Waals surface area contributed by atoms with Crippen LogP contribution in [0.4, 0.5) is 4.79 Å². The lowest BCUT2D eigenvalue weighted by Crippen LogP contribution is -2.54. The molecule has 1 saturated heterocycles. The molecule has 8 nitrogen and oxygen atoms in total. The first kappa shape index (κ1) is 20.3. The highest BCUT2D eigenvalue weighted by molar-refractivity contribution is 6.08. The summed E-state index contributed by atoms with van der Waals surface area (Å²) in [5.74, 6) is -0.573. The molecule has 158 valence electrons. The van der Waals surface area contributed by atoms with Crippen LogP contribution in [0.15, 0.2) is 54.9 Å². The van der Waals surface area contributed by atoms with Crippen LogP contribution in [0.5, 0.6) is 0 Å². The number of hydrogen-bond acceptors (Lipinski definition) is 4. The number of benzene rings is 2. The average molecular weight is 417 g/mol. The van der Waals surface area contributed by atoms with Gasteiger partial charge in [-0.3, -0.25) is 14.9 Å². The van der Waals surface area contributed by atoms with Crippen LogP contribution in [-0.2, 0) is 17.4 Å². The van der Waals surface area contributed by atoms with E-state index in [0.29, 0.717) is 11.4 Å². The van der Waals surface area contributed by atoms with Crippen LogP contribution >= 0.6 is 0 Å². The zero-order valence-corrected chi connectivity index (χ0v) is 17.5. The molecule has 2 heterocycles. The van der Waals surface area contributed by atoms with Crippen molar-refractivity contribution in [1.82, 2.24) is 25.5 Å². The zero-order valence-electron chi connectivity index (χ0n) is 17.5.